The normalized spacial score (nSPS) is 15.9. The van der Waals surface area contributed by atoms with Crippen molar-refractivity contribution in [2.24, 2.45) is 0 Å². The molecule has 1 aromatic heterocycles. The molecule has 3 aliphatic rings. The molecule has 2 aliphatic heterocycles. The van der Waals surface area contributed by atoms with Gasteiger partial charge in [0.15, 0.2) is 0 Å². The van der Waals surface area contributed by atoms with Gasteiger partial charge < -0.3 is 39.0 Å². The lowest BCUT2D eigenvalue weighted by atomic mass is 9.81. The van der Waals surface area contributed by atoms with Crippen molar-refractivity contribution >= 4 is 59.0 Å². The van der Waals surface area contributed by atoms with Gasteiger partial charge in [-0.25, -0.2) is 4.79 Å². The largest absolute Gasteiger partial charge is 0.491 e. The fraction of sp³-hybridized carbons (Fsp3) is 0.421. The molecule has 12 heteroatoms. The van der Waals surface area contributed by atoms with E-state index in [1.807, 2.05) is 55.4 Å². The molecule has 1 amide bonds. The maximum Gasteiger partial charge on any atom is 0.335 e. The van der Waals surface area contributed by atoms with Crippen LogP contribution >= 0.6 is 24.8 Å². The third kappa shape index (κ3) is 7.84. The van der Waals surface area contributed by atoms with Crippen LogP contribution in [-0.2, 0) is 22.7 Å². The highest BCUT2D eigenvalue weighted by Crippen LogP contribution is 2.48. The molecule has 1 aliphatic carbocycles. The molecule has 3 heterocycles. The summed E-state index contributed by atoms with van der Waals surface area (Å²) in [5, 5.41) is 13.9. The number of fused-ring (bicyclic) bond motifs is 5. The Labute approximate surface area is 305 Å². The number of nitrogens with one attached hydrogen (secondary N) is 1. The van der Waals surface area contributed by atoms with E-state index in [-0.39, 0.29) is 30.7 Å². The number of ether oxygens (including phenoxy) is 3. The van der Waals surface area contributed by atoms with E-state index in [0.717, 1.165) is 70.8 Å². The van der Waals surface area contributed by atoms with Crippen molar-refractivity contribution in [1.29, 1.82) is 0 Å². The Hall–Kier alpha value is -3.96. The molecule has 10 nitrogen and oxygen atoms in total. The number of morpholine rings is 1. The van der Waals surface area contributed by atoms with Crippen molar-refractivity contribution in [2.45, 2.75) is 51.2 Å². The number of carboxylic acids is 1. The van der Waals surface area contributed by atoms with Crippen molar-refractivity contribution in [3.05, 3.63) is 71.3 Å². The van der Waals surface area contributed by atoms with Gasteiger partial charge in [-0.3, -0.25) is 4.79 Å². The molecule has 0 unspecified atom stereocenters. The number of anilines is 2. The summed E-state index contributed by atoms with van der Waals surface area (Å²) in [5.41, 5.74) is 7.48. The number of likely N-dealkylation sites (N-methyl/N-ethyl adjacent to an activating group) is 1. The van der Waals surface area contributed by atoms with Gasteiger partial charge in [-0.1, -0.05) is 25.3 Å². The number of aromatic nitrogens is 1. The van der Waals surface area contributed by atoms with Crippen LogP contribution in [0.4, 0.5) is 11.4 Å². The molecular formula is C38H46Cl2N4O6. The number of carbonyl (C=O) groups excluding carboxylic acids is 1. The minimum atomic E-state index is -0.919. The Bertz CT molecular complexity index is 1830. The first kappa shape index (κ1) is 37.3. The van der Waals surface area contributed by atoms with Gasteiger partial charge in [-0.2, -0.15) is 0 Å². The average molecular weight is 726 g/mol. The zero-order valence-corrected chi connectivity index (χ0v) is 30.2. The molecule has 3 aromatic carbocycles. The number of halogens is 2. The number of carboxylic acid groups (broad SMARTS) is 1. The monoisotopic (exact) mass is 724 g/mol. The second kappa shape index (κ2) is 16.4. The topological polar surface area (TPSA) is 106 Å². The first-order valence-electron chi connectivity index (χ1n) is 17.1. The first-order valence-corrected chi connectivity index (χ1v) is 17.1. The minimum Gasteiger partial charge on any atom is -0.491 e. The molecule has 0 radical (unpaired) electrons. The summed E-state index contributed by atoms with van der Waals surface area (Å²) in [5.74, 6) is 0.887. The summed E-state index contributed by atoms with van der Waals surface area (Å²) in [4.78, 5) is 28.6. The Morgan fingerprint density at radius 2 is 1.72 bits per heavy atom. The summed E-state index contributed by atoms with van der Waals surface area (Å²) in [6.07, 6.45) is 5.92. The van der Waals surface area contributed by atoms with Gasteiger partial charge in [0.25, 0.3) is 0 Å². The first-order chi connectivity index (χ1) is 23.4. The summed E-state index contributed by atoms with van der Waals surface area (Å²) in [6.45, 7) is 4.62. The third-order valence-electron chi connectivity index (χ3n) is 9.71. The van der Waals surface area contributed by atoms with Gasteiger partial charge in [0.05, 0.1) is 37.6 Å². The van der Waals surface area contributed by atoms with Gasteiger partial charge >= 0.3 is 5.97 Å². The van der Waals surface area contributed by atoms with Gasteiger partial charge in [0, 0.05) is 52.6 Å². The lowest BCUT2D eigenvalue weighted by Crippen LogP contribution is -2.37. The zero-order valence-electron chi connectivity index (χ0n) is 28.6. The van der Waals surface area contributed by atoms with Crippen LogP contribution in [-0.4, -0.2) is 80.0 Å². The summed E-state index contributed by atoms with van der Waals surface area (Å²) in [6, 6.07) is 17.6. The molecular weight excluding hydrogens is 679 g/mol. The van der Waals surface area contributed by atoms with Crippen LogP contribution < -0.4 is 19.7 Å². The predicted molar refractivity (Wildman–Crippen MR) is 201 cm³/mol. The number of rotatable bonds is 9. The van der Waals surface area contributed by atoms with Crippen molar-refractivity contribution in [2.75, 3.05) is 63.8 Å². The highest BCUT2D eigenvalue weighted by Gasteiger charge is 2.30. The SMILES string of the molecule is CN(C)CC(=O)Nc1ccc(N2CCOCC2)c(COc2ccc3c(c2)OCCn2c-3c(C3CCCCC3)c3ccc(C(=O)O)cc32)c1.Cl.Cl. The predicted octanol–water partition coefficient (Wildman–Crippen LogP) is 7.21. The second-order valence-electron chi connectivity index (χ2n) is 13.3. The van der Waals surface area contributed by atoms with Crippen LogP contribution in [0.15, 0.2) is 54.6 Å². The van der Waals surface area contributed by atoms with Crippen molar-refractivity contribution in [3.63, 3.8) is 0 Å². The van der Waals surface area contributed by atoms with Crippen molar-refractivity contribution in [3.8, 4) is 22.8 Å². The number of nitrogens with zero attached hydrogens (tertiary/aromatic N) is 3. The van der Waals surface area contributed by atoms with Crippen LogP contribution in [0.3, 0.4) is 0 Å². The van der Waals surface area contributed by atoms with E-state index in [9.17, 15) is 14.7 Å². The van der Waals surface area contributed by atoms with Crippen LogP contribution in [0.25, 0.3) is 22.2 Å². The molecule has 1 saturated heterocycles. The molecule has 2 N–H and O–H groups in total. The number of benzene rings is 3. The van der Waals surface area contributed by atoms with E-state index < -0.39 is 5.97 Å². The zero-order chi connectivity index (χ0) is 33.2. The Morgan fingerprint density at radius 3 is 2.46 bits per heavy atom. The highest BCUT2D eigenvalue weighted by molar-refractivity contribution is 5.99. The summed E-state index contributed by atoms with van der Waals surface area (Å²) < 4.78 is 20.7. The molecule has 0 atom stereocenters. The molecule has 4 aromatic rings. The molecule has 2 fully saturated rings. The van der Waals surface area contributed by atoms with Crippen LogP contribution in [0.1, 0.15) is 59.5 Å². The van der Waals surface area contributed by atoms with Gasteiger partial charge in [-0.15, -0.1) is 24.8 Å². The summed E-state index contributed by atoms with van der Waals surface area (Å²) in [7, 11) is 3.74. The van der Waals surface area contributed by atoms with E-state index >= 15 is 0 Å². The van der Waals surface area contributed by atoms with Crippen LogP contribution in [0.5, 0.6) is 11.5 Å². The van der Waals surface area contributed by atoms with Gasteiger partial charge in [0.1, 0.15) is 24.7 Å². The molecule has 1 saturated carbocycles. The van der Waals surface area contributed by atoms with E-state index in [1.54, 1.807) is 6.07 Å². The highest BCUT2D eigenvalue weighted by atomic mass is 35.5. The van der Waals surface area contributed by atoms with E-state index in [0.29, 0.717) is 56.7 Å². The Balaban J connectivity index is 0.00000243. The second-order valence-corrected chi connectivity index (χ2v) is 13.3. The number of carbonyl (C=O) groups is 2. The van der Waals surface area contributed by atoms with E-state index in [4.69, 9.17) is 14.2 Å². The van der Waals surface area contributed by atoms with Gasteiger partial charge in [0.2, 0.25) is 5.91 Å². The average Bonchev–Trinajstić information content (AvgIpc) is 3.29. The third-order valence-corrected chi connectivity index (χ3v) is 9.71. The number of hydrogen-bond acceptors (Lipinski definition) is 7. The smallest absolute Gasteiger partial charge is 0.335 e. The molecule has 7 rings (SSSR count). The standard InChI is InChI=1S/C38H44N4O6.2ClH/c1-40(2)23-35(43)39-28-9-13-32(41-14-17-46-18-15-41)27(20-28)24-48-29-10-12-31-34(22-29)47-19-16-42-33-21-26(38(44)45)8-11-30(33)36(37(31)42)25-6-4-3-5-7-25;;/h8-13,20-22,25H,3-7,14-19,23-24H2,1-2H3,(H,39,43)(H,44,45);2*1H. The summed E-state index contributed by atoms with van der Waals surface area (Å²) >= 11 is 0. The van der Waals surface area contributed by atoms with E-state index in [2.05, 4.69) is 26.9 Å². The van der Waals surface area contributed by atoms with E-state index in [1.165, 1.54) is 24.8 Å². The fourth-order valence-corrected chi connectivity index (χ4v) is 7.53. The molecule has 0 spiro atoms. The quantitative estimate of drug-likeness (QED) is 0.187. The number of aromatic carboxylic acids is 1. The lowest BCUT2D eigenvalue weighted by Gasteiger charge is -2.31. The van der Waals surface area contributed by atoms with Crippen molar-refractivity contribution < 1.29 is 28.9 Å². The van der Waals surface area contributed by atoms with Crippen molar-refractivity contribution in [1.82, 2.24) is 9.47 Å². The number of hydrogen-bond donors (Lipinski definition) is 2. The lowest BCUT2D eigenvalue weighted by molar-refractivity contribution is -0.116. The molecule has 50 heavy (non-hydrogen) atoms. The maximum atomic E-state index is 12.5. The van der Waals surface area contributed by atoms with Crippen LogP contribution in [0.2, 0.25) is 0 Å². The Kier molecular flexibility index (Phi) is 12.2. The molecule has 268 valence electrons. The Morgan fingerprint density at radius 1 is 0.940 bits per heavy atom. The molecule has 0 bridgehead atoms. The van der Waals surface area contributed by atoms with Gasteiger partial charge in [-0.05, 0) is 80.9 Å². The minimum absolute atomic E-state index is 0. The number of amides is 1. The maximum absolute atomic E-state index is 12.5. The van der Waals surface area contributed by atoms with Crippen LogP contribution in [0, 0.1) is 0 Å². The fourth-order valence-electron chi connectivity index (χ4n) is 7.53.